The Labute approximate surface area is 148 Å². The maximum absolute atomic E-state index is 12.7. The summed E-state index contributed by atoms with van der Waals surface area (Å²) >= 11 is 0. The maximum Gasteiger partial charge on any atom is 0.323 e. The number of ether oxygens (including phenoxy) is 2. The lowest BCUT2D eigenvalue weighted by atomic mass is 9.86. The molecule has 0 unspecified atom stereocenters. The van der Waals surface area contributed by atoms with Crippen molar-refractivity contribution in [3.05, 3.63) is 23.8 Å². The van der Waals surface area contributed by atoms with E-state index in [1.54, 1.807) is 32.4 Å². The zero-order valence-corrected chi connectivity index (χ0v) is 15.0. The molecule has 0 atom stereocenters. The molecule has 1 amide bonds. The molecule has 0 heterocycles. The molecule has 1 saturated carbocycles. The summed E-state index contributed by atoms with van der Waals surface area (Å²) in [5, 5.41) is 9.17. The standard InChI is InChI=1S/C19H27NO5/c1-24-16-8-15(9-17(11-16)25-2)12-20(13-19(22)23)18(21)10-14-6-4-3-5-7-14/h8-9,11,14H,3-7,10,12-13H2,1-2H3,(H,22,23). The lowest BCUT2D eigenvalue weighted by Gasteiger charge is -2.26. The van der Waals surface area contributed by atoms with Crippen LogP contribution >= 0.6 is 0 Å². The van der Waals surface area contributed by atoms with Crippen molar-refractivity contribution in [2.45, 2.75) is 45.1 Å². The van der Waals surface area contributed by atoms with Crippen LogP contribution in [-0.4, -0.2) is 42.6 Å². The highest BCUT2D eigenvalue weighted by Gasteiger charge is 2.23. The molecule has 0 aliphatic heterocycles. The molecule has 1 aliphatic carbocycles. The van der Waals surface area contributed by atoms with Crippen LogP contribution in [0.2, 0.25) is 0 Å². The summed E-state index contributed by atoms with van der Waals surface area (Å²) in [7, 11) is 3.11. The Bertz CT molecular complexity index is 573. The number of nitrogens with zero attached hydrogens (tertiary/aromatic N) is 1. The first-order chi connectivity index (χ1) is 12.0. The smallest absolute Gasteiger partial charge is 0.323 e. The Morgan fingerprint density at radius 3 is 2.20 bits per heavy atom. The minimum absolute atomic E-state index is 0.101. The molecule has 138 valence electrons. The first-order valence-electron chi connectivity index (χ1n) is 8.73. The third-order valence-corrected chi connectivity index (χ3v) is 4.65. The number of amides is 1. The van der Waals surface area contributed by atoms with Crippen molar-refractivity contribution in [1.82, 2.24) is 4.90 Å². The summed E-state index contributed by atoms with van der Waals surface area (Å²) < 4.78 is 10.5. The molecule has 1 aromatic rings. The predicted octanol–water partition coefficient (Wildman–Crippen LogP) is 3.09. The minimum Gasteiger partial charge on any atom is -0.497 e. The average molecular weight is 349 g/mol. The maximum atomic E-state index is 12.7. The van der Waals surface area contributed by atoms with Gasteiger partial charge in [-0.15, -0.1) is 0 Å². The van der Waals surface area contributed by atoms with Gasteiger partial charge in [-0.3, -0.25) is 9.59 Å². The fourth-order valence-electron chi connectivity index (χ4n) is 3.34. The Hall–Kier alpha value is -2.24. The van der Waals surface area contributed by atoms with Crippen LogP contribution < -0.4 is 9.47 Å². The van der Waals surface area contributed by atoms with Gasteiger partial charge in [-0.1, -0.05) is 19.3 Å². The molecular formula is C19H27NO5. The lowest BCUT2D eigenvalue weighted by molar-refractivity contribution is -0.145. The number of carbonyl (C=O) groups excluding carboxylic acids is 1. The van der Waals surface area contributed by atoms with Crippen molar-refractivity contribution in [3.8, 4) is 11.5 Å². The SMILES string of the molecule is COc1cc(CN(CC(=O)O)C(=O)CC2CCCCC2)cc(OC)c1. The van der Waals surface area contributed by atoms with Crippen LogP contribution in [0.25, 0.3) is 0 Å². The summed E-state index contributed by atoms with van der Waals surface area (Å²) in [6, 6.07) is 5.34. The second-order valence-corrected chi connectivity index (χ2v) is 6.57. The van der Waals surface area contributed by atoms with E-state index in [9.17, 15) is 14.7 Å². The van der Waals surface area contributed by atoms with Crippen molar-refractivity contribution in [2.24, 2.45) is 5.92 Å². The van der Waals surface area contributed by atoms with Crippen molar-refractivity contribution in [1.29, 1.82) is 0 Å². The van der Waals surface area contributed by atoms with Crippen LogP contribution in [0.4, 0.5) is 0 Å². The molecule has 6 nitrogen and oxygen atoms in total. The molecule has 1 aliphatic rings. The molecule has 25 heavy (non-hydrogen) atoms. The van der Waals surface area contributed by atoms with E-state index in [-0.39, 0.29) is 19.0 Å². The summed E-state index contributed by atoms with van der Waals surface area (Å²) in [4.78, 5) is 25.3. The van der Waals surface area contributed by atoms with E-state index in [1.807, 2.05) is 0 Å². The molecule has 1 N–H and O–H groups in total. The largest absolute Gasteiger partial charge is 0.497 e. The average Bonchev–Trinajstić information content (AvgIpc) is 2.61. The summed E-state index contributed by atoms with van der Waals surface area (Å²) in [5.41, 5.74) is 0.787. The quantitative estimate of drug-likeness (QED) is 0.780. The van der Waals surface area contributed by atoms with E-state index in [4.69, 9.17) is 9.47 Å². The van der Waals surface area contributed by atoms with Gasteiger partial charge in [0.25, 0.3) is 0 Å². The zero-order chi connectivity index (χ0) is 18.2. The van der Waals surface area contributed by atoms with Crippen LogP contribution in [0.3, 0.4) is 0 Å². The molecule has 6 heteroatoms. The first-order valence-corrected chi connectivity index (χ1v) is 8.73. The highest BCUT2D eigenvalue weighted by molar-refractivity contribution is 5.81. The third-order valence-electron chi connectivity index (χ3n) is 4.65. The van der Waals surface area contributed by atoms with E-state index in [2.05, 4.69) is 0 Å². The van der Waals surface area contributed by atoms with Crippen LogP contribution in [0.15, 0.2) is 18.2 Å². The zero-order valence-electron chi connectivity index (χ0n) is 15.0. The van der Waals surface area contributed by atoms with E-state index >= 15 is 0 Å². The number of carboxylic acids is 1. The van der Waals surface area contributed by atoms with Gasteiger partial charge in [0.15, 0.2) is 0 Å². The molecule has 2 rings (SSSR count). The fourth-order valence-corrected chi connectivity index (χ4v) is 3.34. The number of rotatable bonds is 8. The Kier molecular flexibility index (Phi) is 7.10. The van der Waals surface area contributed by atoms with Gasteiger partial charge in [0.05, 0.1) is 14.2 Å². The van der Waals surface area contributed by atoms with Crippen molar-refractivity contribution in [2.75, 3.05) is 20.8 Å². The molecular weight excluding hydrogens is 322 g/mol. The summed E-state index contributed by atoms with van der Waals surface area (Å²) in [6.45, 7) is -0.0729. The Morgan fingerprint density at radius 1 is 1.08 bits per heavy atom. The topological polar surface area (TPSA) is 76.1 Å². The number of hydrogen-bond acceptors (Lipinski definition) is 4. The molecule has 0 saturated heterocycles. The van der Waals surface area contributed by atoms with Crippen LogP contribution in [0.1, 0.15) is 44.1 Å². The van der Waals surface area contributed by atoms with Crippen molar-refractivity contribution < 1.29 is 24.2 Å². The summed E-state index contributed by atoms with van der Waals surface area (Å²) in [5.74, 6) is 0.494. The molecule has 0 radical (unpaired) electrons. The van der Waals surface area contributed by atoms with Crippen molar-refractivity contribution in [3.63, 3.8) is 0 Å². The number of carboxylic acid groups (broad SMARTS) is 1. The van der Waals surface area contributed by atoms with Gasteiger partial charge >= 0.3 is 5.97 Å². The molecule has 1 aromatic carbocycles. The number of carbonyl (C=O) groups is 2. The van der Waals surface area contributed by atoms with Gasteiger partial charge in [-0.25, -0.2) is 0 Å². The summed E-state index contributed by atoms with van der Waals surface area (Å²) in [6.07, 6.45) is 6.08. The molecule has 0 spiro atoms. The van der Waals surface area contributed by atoms with Gasteiger partial charge in [-0.2, -0.15) is 0 Å². The van der Waals surface area contributed by atoms with Gasteiger partial charge in [0, 0.05) is 19.0 Å². The predicted molar refractivity (Wildman–Crippen MR) is 93.8 cm³/mol. The Morgan fingerprint density at radius 2 is 1.68 bits per heavy atom. The van der Waals surface area contributed by atoms with E-state index in [0.29, 0.717) is 23.8 Å². The lowest BCUT2D eigenvalue weighted by Crippen LogP contribution is -2.36. The molecule has 1 fully saturated rings. The van der Waals surface area contributed by atoms with Crippen LogP contribution in [0.5, 0.6) is 11.5 Å². The van der Waals surface area contributed by atoms with E-state index in [0.717, 1.165) is 31.2 Å². The van der Waals surface area contributed by atoms with Crippen LogP contribution in [-0.2, 0) is 16.1 Å². The first kappa shape index (κ1) is 19.1. The van der Waals surface area contributed by atoms with Gasteiger partial charge < -0.3 is 19.5 Å². The van der Waals surface area contributed by atoms with Crippen molar-refractivity contribution >= 4 is 11.9 Å². The second-order valence-electron chi connectivity index (χ2n) is 6.57. The van der Waals surface area contributed by atoms with Crippen LogP contribution in [0, 0.1) is 5.92 Å². The molecule has 0 aromatic heterocycles. The fraction of sp³-hybridized carbons (Fsp3) is 0.579. The monoisotopic (exact) mass is 349 g/mol. The number of methoxy groups -OCH3 is 2. The van der Waals surface area contributed by atoms with Gasteiger partial charge in [0.1, 0.15) is 18.0 Å². The van der Waals surface area contributed by atoms with Gasteiger partial charge in [-0.05, 0) is 36.5 Å². The highest BCUT2D eigenvalue weighted by atomic mass is 16.5. The molecule has 0 bridgehead atoms. The minimum atomic E-state index is -1.01. The van der Waals surface area contributed by atoms with Gasteiger partial charge in [0.2, 0.25) is 5.91 Å². The number of aliphatic carboxylic acids is 1. The normalized spacial score (nSPS) is 14.8. The Balaban J connectivity index is 2.10. The number of benzene rings is 1. The number of hydrogen-bond donors (Lipinski definition) is 1. The highest BCUT2D eigenvalue weighted by Crippen LogP contribution is 2.28. The van der Waals surface area contributed by atoms with E-state index in [1.165, 1.54) is 11.3 Å². The second kappa shape index (κ2) is 9.30. The van der Waals surface area contributed by atoms with E-state index < -0.39 is 5.97 Å². The third kappa shape index (κ3) is 5.96.